The van der Waals surface area contributed by atoms with Gasteiger partial charge in [0.15, 0.2) is 11.5 Å². The number of benzene rings is 1. The molecule has 1 amide bonds. The van der Waals surface area contributed by atoms with Crippen LogP contribution in [-0.2, 0) is 11.2 Å². The van der Waals surface area contributed by atoms with Crippen molar-refractivity contribution >= 4 is 5.91 Å². The largest absolute Gasteiger partial charge is 0.493 e. The Morgan fingerprint density at radius 1 is 1.35 bits per heavy atom. The van der Waals surface area contributed by atoms with Crippen LogP contribution in [0.1, 0.15) is 12.5 Å². The molecule has 5 nitrogen and oxygen atoms in total. The van der Waals surface area contributed by atoms with Crippen LogP contribution in [0.4, 0.5) is 0 Å². The third-order valence-corrected chi connectivity index (χ3v) is 3.52. The summed E-state index contributed by atoms with van der Waals surface area (Å²) in [4.78, 5) is 14.2. The fourth-order valence-electron chi connectivity index (χ4n) is 2.44. The summed E-state index contributed by atoms with van der Waals surface area (Å²) in [5.74, 6) is 1.50. The number of hydrogen-bond donors (Lipinski definition) is 1. The number of nitrogens with zero attached hydrogens (tertiary/aromatic N) is 1. The zero-order valence-corrected chi connectivity index (χ0v) is 12.3. The summed E-state index contributed by atoms with van der Waals surface area (Å²) >= 11 is 0. The molecule has 0 bridgehead atoms. The smallest absolute Gasteiger partial charge is 0.227 e. The monoisotopic (exact) mass is 278 g/mol. The number of ether oxygens (including phenoxy) is 2. The highest BCUT2D eigenvalue weighted by Gasteiger charge is 2.20. The minimum atomic E-state index is 0.158. The van der Waals surface area contributed by atoms with E-state index in [4.69, 9.17) is 9.47 Å². The number of carbonyl (C=O) groups is 1. The molecule has 0 aliphatic carbocycles. The van der Waals surface area contributed by atoms with E-state index in [0.717, 1.165) is 25.2 Å². The second kappa shape index (κ2) is 6.61. The van der Waals surface area contributed by atoms with E-state index in [1.165, 1.54) is 0 Å². The summed E-state index contributed by atoms with van der Waals surface area (Å²) < 4.78 is 10.5. The second-order valence-electron chi connectivity index (χ2n) is 5.06. The topological polar surface area (TPSA) is 50.8 Å². The van der Waals surface area contributed by atoms with Gasteiger partial charge in [0.25, 0.3) is 0 Å². The van der Waals surface area contributed by atoms with Crippen LogP contribution in [0.25, 0.3) is 0 Å². The molecule has 1 heterocycles. The standard InChI is InChI=1S/C15H22N2O3/c1-11-10-17(7-6-16-11)15(18)9-12-4-5-13(19-2)14(8-12)20-3/h4-5,8,11,16H,6-7,9-10H2,1-3H3. The van der Waals surface area contributed by atoms with Gasteiger partial charge in [-0.25, -0.2) is 0 Å². The van der Waals surface area contributed by atoms with Gasteiger partial charge in [0, 0.05) is 25.7 Å². The SMILES string of the molecule is COc1ccc(CC(=O)N2CCNC(C)C2)cc1OC. The molecular weight excluding hydrogens is 256 g/mol. The second-order valence-corrected chi connectivity index (χ2v) is 5.06. The van der Waals surface area contributed by atoms with E-state index >= 15 is 0 Å². The zero-order chi connectivity index (χ0) is 14.5. The normalized spacial score (nSPS) is 18.8. The van der Waals surface area contributed by atoms with Crippen LogP contribution in [0.3, 0.4) is 0 Å². The highest BCUT2D eigenvalue weighted by atomic mass is 16.5. The lowest BCUT2D eigenvalue weighted by atomic mass is 10.1. The van der Waals surface area contributed by atoms with Gasteiger partial charge in [-0.1, -0.05) is 6.07 Å². The van der Waals surface area contributed by atoms with Crippen molar-refractivity contribution in [2.75, 3.05) is 33.9 Å². The molecule has 1 N–H and O–H groups in total. The molecule has 1 fully saturated rings. The average molecular weight is 278 g/mol. The molecule has 1 aliphatic rings. The van der Waals surface area contributed by atoms with Gasteiger partial charge in [-0.2, -0.15) is 0 Å². The summed E-state index contributed by atoms with van der Waals surface area (Å²) in [6.07, 6.45) is 0.396. The van der Waals surface area contributed by atoms with Crippen LogP contribution in [0.5, 0.6) is 11.5 Å². The summed E-state index contributed by atoms with van der Waals surface area (Å²) in [6, 6.07) is 5.97. The fraction of sp³-hybridized carbons (Fsp3) is 0.533. The molecule has 1 atom stereocenters. The molecule has 1 aromatic rings. The van der Waals surface area contributed by atoms with E-state index in [1.54, 1.807) is 14.2 Å². The first kappa shape index (κ1) is 14.7. The third kappa shape index (κ3) is 3.42. The summed E-state index contributed by atoms with van der Waals surface area (Å²) in [6.45, 7) is 4.50. The van der Waals surface area contributed by atoms with E-state index in [0.29, 0.717) is 24.0 Å². The molecule has 0 spiro atoms. The van der Waals surface area contributed by atoms with Crippen molar-refractivity contribution in [1.82, 2.24) is 10.2 Å². The minimum absolute atomic E-state index is 0.158. The van der Waals surface area contributed by atoms with Gasteiger partial charge >= 0.3 is 0 Å². The first-order chi connectivity index (χ1) is 9.63. The maximum Gasteiger partial charge on any atom is 0.227 e. The summed E-state index contributed by atoms with van der Waals surface area (Å²) in [5, 5.41) is 3.33. The molecule has 5 heteroatoms. The molecule has 0 radical (unpaired) electrons. The Morgan fingerprint density at radius 2 is 2.10 bits per heavy atom. The van der Waals surface area contributed by atoms with Crippen molar-refractivity contribution < 1.29 is 14.3 Å². The van der Waals surface area contributed by atoms with Gasteiger partial charge in [-0.05, 0) is 24.6 Å². The number of hydrogen-bond acceptors (Lipinski definition) is 4. The van der Waals surface area contributed by atoms with Gasteiger partial charge in [0.2, 0.25) is 5.91 Å². The van der Waals surface area contributed by atoms with Crippen LogP contribution in [0.2, 0.25) is 0 Å². The highest BCUT2D eigenvalue weighted by Crippen LogP contribution is 2.27. The van der Waals surface area contributed by atoms with Crippen molar-refractivity contribution in [3.8, 4) is 11.5 Å². The maximum absolute atomic E-state index is 12.3. The van der Waals surface area contributed by atoms with Gasteiger partial charge in [0.1, 0.15) is 0 Å². The van der Waals surface area contributed by atoms with Crippen LogP contribution < -0.4 is 14.8 Å². The number of methoxy groups -OCH3 is 2. The van der Waals surface area contributed by atoms with Crippen LogP contribution in [-0.4, -0.2) is 50.7 Å². The predicted octanol–water partition coefficient (Wildman–Crippen LogP) is 1.07. The predicted molar refractivity (Wildman–Crippen MR) is 77.3 cm³/mol. The Kier molecular flexibility index (Phi) is 4.84. The summed E-state index contributed by atoms with van der Waals surface area (Å²) in [5.41, 5.74) is 0.943. The molecule has 0 saturated carbocycles. The lowest BCUT2D eigenvalue weighted by molar-refractivity contribution is -0.131. The number of carbonyl (C=O) groups excluding carboxylic acids is 1. The summed E-state index contributed by atoms with van der Waals surface area (Å²) in [7, 11) is 3.20. The van der Waals surface area contributed by atoms with Gasteiger partial charge in [-0.15, -0.1) is 0 Å². The number of piperazine rings is 1. The first-order valence-corrected chi connectivity index (χ1v) is 6.86. The molecular formula is C15H22N2O3. The Morgan fingerprint density at radius 3 is 2.75 bits per heavy atom. The van der Waals surface area contributed by atoms with Gasteiger partial charge < -0.3 is 19.7 Å². The van der Waals surface area contributed by atoms with Gasteiger partial charge in [0.05, 0.1) is 20.6 Å². The lowest BCUT2D eigenvalue weighted by Gasteiger charge is -2.32. The minimum Gasteiger partial charge on any atom is -0.493 e. The highest BCUT2D eigenvalue weighted by molar-refractivity contribution is 5.79. The Hall–Kier alpha value is -1.75. The van der Waals surface area contributed by atoms with Crippen LogP contribution >= 0.6 is 0 Å². The Bertz CT molecular complexity index is 476. The van der Waals surface area contributed by atoms with E-state index < -0.39 is 0 Å². The molecule has 1 aliphatic heterocycles. The third-order valence-electron chi connectivity index (χ3n) is 3.52. The van der Waals surface area contributed by atoms with Crippen molar-refractivity contribution in [2.24, 2.45) is 0 Å². The van der Waals surface area contributed by atoms with Crippen LogP contribution in [0, 0.1) is 0 Å². The van der Waals surface area contributed by atoms with E-state index in [1.807, 2.05) is 23.1 Å². The Balaban J connectivity index is 2.03. The average Bonchev–Trinajstić information content (AvgIpc) is 2.47. The van der Waals surface area contributed by atoms with E-state index in [2.05, 4.69) is 12.2 Å². The first-order valence-electron chi connectivity index (χ1n) is 6.86. The molecule has 1 aromatic carbocycles. The number of nitrogens with one attached hydrogen (secondary N) is 1. The quantitative estimate of drug-likeness (QED) is 0.895. The van der Waals surface area contributed by atoms with Gasteiger partial charge in [-0.3, -0.25) is 4.79 Å². The Labute approximate surface area is 119 Å². The molecule has 2 rings (SSSR count). The molecule has 20 heavy (non-hydrogen) atoms. The number of amides is 1. The molecule has 1 saturated heterocycles. The van der Waals surface area contributed by atoms with Crippen molar-refractivity contribution in [2.45, 2.75) is 19.4 Å². The number of rotatable bonds is 4. The maximum atomic E-state index is 12.3. The lowest BCUT2D eigenvalue weighted by Crippen LogP contribution is -2.51. The van der Waals surface area contributed by atoms with Crippen molar-refractivity contribution in [1.29, 1.82) is 0 Å². The van der Waals surface area contributed by atoms with Crippen molar-refractivity contribution in [3.05, 3.63) is 23.8 Å². The molecule has 0 aromatic heterocycles. The molecule has 1 unspecified atom stereocenters. The molecule has 110 valence electrons. The zero-order valence-electron chi connectivity index (χ0n) is 12.3. The van der Waals surface area contributed by atoms with E-state index in [-0.39, 0.29) is 5.91 Å². The van der Waals surface area contributed by atoms with Crippen molar-refractivity contribution in [3.63, 3.8) is 0 Å². The fourth-order valence-corrected chi connectivity index (χ4v) is 2.44. The van der Waals surface area contributed by atoms with E-state index in [9.17, 15) is 4.79 Å². The van der Waals surface area contributed by atoms with Crippen LogP contribution in [0.15, 0.2) is 18.2 Å².